The summed E-state index contributed by atoms with van der Waals surface area (Å²) in [6, 6.07) is 10.3. The molecule has 0 atom stereocenters. The Balaban J connectivity index is 1.80. The van der Waals surface area contributed by atoms with Crippen LogP contribution in [0.3, 0.4) is 0 Å². The minimum Gasteiger partial charge on any atom is -0.355 e. The zero-order chi connectivity index (χ0) is 16.9. The van der Waals surface area contributed by atoms with E-state index in [1.165, 1.54) is 36.0 Å². The molecule has 3 rings (SSSR count). The fourth-order valence-electron chi connectivity index (χ4n) is 2.95. The summed E-state index contributed by atoms with van der Waals surface area (Å²) in [4.78, 5) is 16.9. The molecule has 1 aromatic heterocycles. The Morgan fingerprint density at radius 3 is 2.75 bits per heavy atom. The number of nitrogens with zero attached hydrogens (tertiary/aromatic N) is 2. The summed E-state index contributed by atoms with van der Waals surface area (Å²) in [5.41, 5.74) is 3.66. The van der Waals surface area contributed by atoms with E-state index >= 15 is 0 Å². The van der Waals surface area contributed by atoms with Crippen molar-refractivity contribution >= 4 is 17.7 Å². The van der Waals surface area contributed by atoms with E-state index in [2.05, 4.69) is 35.9 Å². The molecule has 1 heterocycles. The van der Waals surface area contributed by atoms with Crippen LogP contribution in [0, 0.1) is 5.92 Å². The van der Waals surface area contributed by atoms with E-state index in [1.807, 2.05) is 18.2 Å². The molecule has 0 fully saturated rings. The number of amides is 1. The molecule has 0 saturated heterocycles. The molecule has 5 heteroatoms. The van der Waals surface area contributed by atoms with Crippen LogP contribution in [-0.2, 0) is 17.6 Å². The monoisotopic (exact) mass is 343 g/mol. The molecular weight excluding hydrogens is 318 g/mol. The van der Waals surface area contributed by atoms with Crippen molar-refractivity contribution in [3.05, 3.63) is 41.7 Å². The fraction of sp³-hybridized carbons (Fsp3) is 0.474. The number of aryl methyl sites for hydroxylation is 1. The molecule has 1 N–H and O–H groups in total. The SMILES string of the molecule is CC(C)CNC(=O)CSc1nc2c(n1-c1ccccc1)CCCC2. The molecule has 1 amide bonds. The lowest BCUT2D eigenvalue weighted by atomic mass is 10.0. The number of para-hydroxylation sites is 1. The van der Waals surface area contributed by atoms with Crippen LogP contribution >= 0.6 is 11.8 Å². The zero-order valence-electron chi connectivity index (χ0n) is 14.4. The van der Waals surface area contributed by atoms with Crippen molar-refractivity contribution in [3.63, 3.8) is 0 Å². The highest BCUT2D eigenvalue weighted by Gasteiger charge is 2.21. The Labute approximate surface area is 148 Å². The standard InChI is InChI=1S/C19H25N3OS/c1-14(2)12-20-18(23)13-24-19-21-16-10-6-7-11-17(16)22(19)15-8-4-3-5-9-15/h3-5,8-9,14H,6-7,10-13H2,1-2H3,(H,20,23). The normalized spacial score (nSPS) is 13.8. The first kappa shape index (κ1) is 17.1. The molecule has 0 bridgehead atoms. The van der Waals surface area contributed by atoms with Gasteiger partial charge in [0.1, 0.15) is 0 Å². The number of carbonyl (C=O) groups is 1. The van der Waals surface area contributed by atoms with Crippen LogP contribution in [0.25, 0.3) is 5.69 Å². The summed E-state index contributed by atoms with van der Waals surface area (Å²) < 4.78 is 2.24. The molecule has 0 saturated carbocycles. The first-order chi connectivity index (χ1) is 11.6. The number of carbonyl (C=O) groups excluding carboxylic acids is 1. The van der Waals surface area contributed by atoms with Crippen LogP contribution in [-0.4, -0.2) is 27.8 Å². The second kappa shape index (κ2) is 7.88. The third-order valence-corrected chi connectivity index (χ3v) is 5.09. The lowest BCUT2D eigenvalue weighted by molar-refractivity contribution is -0.118. The predicted molar refractivity (Wildman–Crippen MR) is 98.8 cm³/mol. The zero-order valence-corrected chi connectivity index (χ0v) is 15.2. The van der Waals surface area contributed by atoms with Gasteiger partial charge < -0.3 is 5.32 Å². The minimum atomic E-state index is 0.0780. The topological polar surface area (TPSA) is 46.9 Å². The lowest BCUT2D eigenvalue weighted by Crippen LogP contribution is -2.28. The number of rotatable bonds is 6. The first-order valence-corrected chi connectivity index (χ1v) is 9.69. The van der Waals surface area contributed by atoms with Crippen molar-refractivity contribution in [2.45, 2.75) is 44.7 Å². The van der Waals surface area contributed by atoms with Crippen LogP contribution in [0.1, 0.15) is 38.1 Å². The number of fused-ring (bicyclic) bond motifs is 1. The maximum atomic E-state index is 12.0. The average Bonchev–Trinajstić information content (AvgIpc) is 2.97. The molecule has 24 heavy (non-hydrogen) atoms. The Hall–Kier alpha value is -1.75. The number of imidazole rings is 1. The highest BCUT2D eigenvalue weighted by molar-refractivity contribution is 7.99. The van der Waals surface area contributed by atoms with Crippen molar-refractivity contribution in [1.29, 1.82) is 0 Å². The number of benzene rings is 1. The van der Waals surface area contributed by atoms with Crippen LogP contribution in [0.2, 0.25) is 0 Å². The summed E-state index contributed by atoms with van der Waals surface area (Å²) in [5.74, 6) is 0.960. The molecule has 1 aliphatic rings. The Morgan fingerprint density at radius 2 is 2.00 bits per heavy atom. The van der Waals surface area contributed by atoms with Gasteiger partial charge in [-0.2, -0.15) is 0 Å². The molecular formula is C19H25N3OS. The molecule has 128 valence electrons. The Morgan fingerprint density at radius 1 is 1.25 bits per heavy atom. The molecule has 0 radical (unpaired) electrons. The summed E-state index contributed by atoms with van der Waals surface area (Å²) in [7, 11) is 0. The second-order valence-electron chi connectivity index (χ2n) is 6.65. The highest BCUT2D eigenvalue weighted by Crippen LogP contribution is 2.30. The maximum absolute atomic E-state index is 12.0. The number of nitrogens with one attached hydrogen (secondary N) is 1. The van der Waals surface area contributed by atoms with Crippen molar-refractivity contribution < 1.29 is 4.79 Å². The van der Waals surface area contributed by atoms with E-state index in [4.69, 9.17) is 4.98 Å². The van der Waals surface area contributed by atoms with Gasteiger partial charge in [-0.25, -0.2) is 4.98 Å². The molecule has 0 spiro atoms. The predicted octanol–water partition coefficient (Wildman–Crippen LogP) is 3.62. The van der Waals surface area contributed by atoms with Crippen molar-refractivity contribution in [3.8, 4) is 5.69 Å². The highest BCUT2D eigenvalue weighted by atomic mass is 32.2. The molecule has 4 nitrogen and oxygen atoms in total. The second-order valence-corrected chi connectivity index (χ2v) is 7.59. The van der Waals surface area contributed by atoms with E-state index in [1.54, 1.807) is 0 Å². The summed E-state index contributed by atoms with van der Waals surface area (Å²) in [5, 5.41) is 3.91. The molecule has 0 unspecified atom stereocenters. The van der Waals surface area contributed by atoms with Gasteiger partial charge in [0.2, 0.25) is 5.91 Å². The number of hydrogen-bond acceptors (Lipinski definition) is 3. The summed E-state index contributed by atoms with van der Waals surface area (Å²) in [6.07, 6.45) is 4.53. The van der Waals surface area contributed by atoms with E-state index in [0.29, 0.717) is 11.7 Å². The third-order valence-electron chi connectivity index (χ3n) is 4.16. The van der Waals surface area contributed by atoms with Gasteiger partial charge in [-0.05, 0) is 43.7 Å². The van der Waals surface area contributed by atoms with Crippen LogP contribution < -0.4 is 5.32 Å². The van der Waals surface area contributed by atoms with E-state index in [9.17, 15) is 4.79 Å². The molecule has 0 aliphatic heterocycles. The van der Waals surface area contributed by atoms with E-state index in [0.717, 1.165) is 30.2 Å². The van der Waals surface area contributed by atoms with Gasteiger partial charge >= 0.3 is 0 Å². The largest absolute Gasteiger partial charge is 0.355 e. The van der Waals surface area contributed by atoms with Crippen LogP contribution in [0.4, 0.5) is 0 Å². The van der Waals surface area contributed by atoms with Gasteiger partial charge in [-0.3, -0.25) is 9.36 Å². The average molecular weight is 343 g/mol. The van der Waals surface area contributed by atoms with Gasteiger partial charge in [0.25, 0.3) is 0 Å². The Kier molecular flexibility index (Phi) is 5.61. The van der Waals surface area contributed by atoms with Crippen LogP contribution in [0.15, 0.2) is 35.5 Å². The van der Waals surface area contributed by atoms with Gasteiger partial charge in [0, 0.05) is 17.9 Å². The van der Waals surface area contributed by atoms with Gasteiger partial charge in [-0.15, -0.1) is 0 Å². The van der Waals surface area contributed by atoms with Crippen LogP contribution in [0.5, 0.6) is 0 Å². The molecule has 2 aromatic rings. The molecule has 1 aromatic carbocycles. The summed E-state index contributed by atoms with van der Waals surface area (Å²) in [6.45, 7) is 4.93. The van der Waals surface area contributed by atoms with Crippen molar-refractivity contribution in [2.75, 3.05) is 12.3 Å². The van der Waals surface area contributed by atoms with E-state index < -0.39 is 0 Å². The Bertz CT molecular complexity index is 694. The summed E-state index contributed by atoms with van der Waals surface area (Å²) >= 11 is 1.53. The first-order valence-electron chi connectivity index (χ1n) is 8.70. The van der Waals surface area contributed by atoms with Crippen molar-refractivity contribution in [1.82, 2.24) is 14.9 Å². The number of hydrogen-bond donors (Lipinski definition) is 1. The smallest absolute Gasteiger partial charge is 0.230 e. The molecule has 1 aliphatic carbocycles. The lowest BCUT2D eigenvalue weighted by Gasteiger charge is -2.15. The quantitative estimate of drug-likeness (QED) is 0.815. The van der Waals surface area contributed by atoms with Crippen molar-refractivity contribution in [2.24, 2.45) is 5.92 Å². The maximum Gasteiger partial charge on any atom is 0.230 e. The fourth-order valence-corrected chi connectivity index (χ4v) is 3.84. The number of thioether (sulfide) groups is 1. The van der Waals surface area contributed by atoms with Gasteiger partial charge in [0.05, 0.1) is 11.4 Å². The third kappa shape index (κ3) is 4.01. The van der Waals surface area contributed by atoms with E-state index in [-0.39, 0.29) is 5.91 Å². The van der Waals surface area contributed by atoms with Gasteiger partial charge in [0.15, 0.2) is 5.16 Å². The number of aromatic nitrogens is 2. The minimum absolute atomic E-state index is 0.0780. The van der Waals surface area contributed by atoms with Gasteiger partial charge in [-0.1, -0.05) is 43.8 Å².